The highest BCUT2D eigenvalue weighted by atomic mass is 19.4. The van der Waals surface area contributed by atoms with Gasteiger partial charge in [-0.3, -0.25) is 0 Å². The Balaban J connectivity index is 1.99. The van der Waals surface area contributed by atoms with Gasteiger partial charge in [0.15, 0.2) is 0 Å². The topological polar surface area (TPSA) is 20.2 Å². The molecule has 1 aliphatic rings. The maximum absolute atomic E-state index is 12.6. The number of aliphatic hydroxyl groups is 1. The molecule has 0 bridgehead atoms. The molecule has 0 spiro atoms. The fourth-order valence-corrected chi connectivity index (χ4v) is 2.86. The monoisotopic (exact) mass is 272 g/mol. The van der Waals surface area contributed by atoms with E-state index in [9.17, 15) is 18.3 Å². The Bertz CT molecular complexity index is 431. The summed E-state index contributed by atoms with van der Waals surface area (Å²) in [7, 11) is 0. The van der Waals surface area contributed by atoms with Crippen LogP contribution in [0.2, 0.25) is 0 Å². The summed E-state index contributed by atoms with van der Waals surface area (Å²) in [5.74, 6) is -1.25. The van der Waals surface area contributed by atoms with Crippen LogP contribution in [0.3, 0.4) is 0 Å². The molecule has 0 aliphatic heterocycles. The molecule has 1 aromatic carbocycles. The first-order valence-electron chi connectivity index (χ1n) is 6.63. The van der Waals surface area contributed by atoms with Crippen LogP contribution >= 0.6 is 0 Å². The van der Waals surface area contributed by atoms with E-state index in [0.29, 0.717) is 6.42 Å². The average molecular weight is 272 g/mol. The SMILES string of the molecule is Cc1cccc(CC2(O)CCC(C(F)(F)F)CC2)c1. The molecule has 0 amide bonds. The van der Waals surface area contributed by atoms with E-state index >= 15 is 0 Å². The number of halogens is 3. The minimum absolute atomic E-state index is 0.0335. The van der Waals surface area contributed by atoms with Crippen LogP contribution in [0, 0.1) is 12.8 Å². The fraction of sp³-hybridized carbons (Fsp3) is 0.600. The van der Waals surface area contributed by atoms with Gasteiger partial charge in [-0.25, -0.2) is 0 Å². The Hall–Kier alpha value is -1.03. The maximum atomic E-state index is 12.6. The van der Waals surface area contributed by atoms with Gasteiger partial charge in [-0.05, 0) is 38.2 Å². The summed E-state index contributed by atoms with van der Waals surface area (Å²) in [6.45, 7) is 1.97. The van der Waals surface area contributed by atoms with Crippen LogP contribution in [0.4, 0.5) is 13.2 Å². The van der Waals surface area contributed by atoms with Crippen molar-refractivity contribution in [3.8, 4) is 0 Å². The van der Waals surface area contributed by atoms with Gasteiger partial charge < -0.3 is 5.11 Å². The van der Waals surface area contributed by atoms with Crippen molar-refractivity contribution in [3.05, 3.63) is 35.4 Å². The molecule has 1 fully saturated rings. The van der Waals surface area contributed by atoms with Crippen molar-refractivity contribution in [3.63, 3.8) is 0 Å². The van der Waals surface area contributed by atoms with E-state index in [1.165, 1.54) is 0 Å². The second-order valence-corrected chi connectivity index (χ2v) is 5.71. The molecular formula is C15H19F3O. The first kappa shape index (κ1) is 14.4. The molecular weight excluding hydrogens is 253 g/mol. The number of rotatable bonds is 2. The number of hydrogen-bond donors (Lipinski definition) is 1. The molecule has 1 nitrogen and oxygen atoms in total. The van der Waals surface area contributed by atoms with Gasteiger partial charge in [0.2, 0.25) is 0 Å². The van der Waals surface area contributed by atoms with Gasteiger partial charge in [0.05, 0.1) is 11.5 Å². The van der Waals surface area contributed by atoms with Crippen molar-refractivity contribution in [2.45, 2.75) is 50.8 Å². The zero-order valence-corrected chi connectivity index (χ0v) is 11.0. The summed E-state index contributed by atoms with van der Waals surface area (Å²) in [5.41, 5.74) is 1.12. The summed E-state index contributed by atoms with van der Waals surface area (Å²) in [4.78, 5) is 0. The van der Waals surface area contributed by atoms with Crippen molar-refractivity contribution >= 4 is 0 Å². The van der Waals surface area contributed by atoms with Crippen LogP contribution in [0.15, 0.2) is 24.3 Å². The molecule has 19 heavy (non-hydrogen) atoms. The van der Waals surface area contributed by atoms with E-state index in [-0.39, 0.29) is 25.7 Å². The van der Waals surface area contributed by atoms with E-state index < -0.39 is 17.7 Å². The summed E-state index contributed by atoms with van der Waals surface area (Å²) in [5, 5.41) is 10.4. The number of hydrogen-bond acceptors (Lipinski definition) is 1. The molecule has 0 atom stereocenters. The molecule has 0 heterocycles. The standard InChI is InChI=1S/C15H19F3O/c1-11-3-2-4-12(9-11)10-14(19)7-5-13(6-8-14)15(16,17)18/h2-4,9,13,19H,5-8,10H2,1H3. The molecule has 106 valence electrons. The zero-order valence-electron chi connectivity index (χ0n) is 11.0. The predicted molar refractivity (Wildman–Crippen MR) is 67.8 cm³/mol. The third-order valence-electron chi connectivity index (χ3n) is 3.99. The molecule has 2 rings (SSSR count). The smallest absolute Gasteiger partial charge is 0.390 e. The number of alkyl halides is 3. The van der Waals surface area contributed by atoms with Gasteiger partial charge in [-0.15, -0.1) is 0 Å². The lowest BCUT2D eigenvalue weighted by molar-refractivity contribution is -0.192. The van der Waals surface area contributed by atoms with Gasteiger partial charge in [0, 0.05) is 6.42 Å². The number of benzene rings is 1. The quantitative estimate of drug-likeness (QED) is 0.862. The summed E-state index contributed by atoms with van der Waals surface area (Å²) < 4.78 is 37.8. The highest BCUT2D eigenvalue weighted by molar-refractivity contribution is 5.23. The normalized spacial score (nSPS) is 28.4. The lowest BCUT2D eigenvalue weighted by Crippen LogP contribution is -2.39. The van der Waals surface area contributed by atoms with Gasteiger partial charge in [0.1, 0.15) is 0 Å². The summed E-state index contributed by atoms with van der Waals surface area (Å²) >= 11 is 0. The number of aryl methyl sites for hydroxylation is 1. The molecule has 0 aromatic heterocycles. The van der Waals surface area contributed by atoms with Crippen LogP contribution in [0.5, 0.6) is 0 Å². The molecule has 1 aromatic rings. The molecule has 1 saturated carbocycles. The van der Waals surface area contributed by atoms with Gasteiger partial charge in [-0.2, -0.15) is 13.2 Å². The fourth-order valence-electron chi connectivity index (χ4n) is 2.86. The Kier molecular flexibility index (Phi) is 3.90. The van der Waals surface area contributed by atoms with Crippen LogP contribution in [0.25, 0.3) is 0 Å². The Morgan fingerprint density at radius 1 is 1.26 bits per heavy atom. The van der Waals surface area contributed by atoms with Crippen molar-refractivity contribution in [1.82, 2.24) is 0 Å². The molecule has 1 N–H and O–H groups in total. The van der Waals surface area contributed by atoms with E-state index in [1.54, 1.807) is 0 Å². The van der Waals surface area contributed by atoms with Crippen molar-refractivity contribution in [1.29, 1.82) is 0 Å². The molecule has 0 radical (unpaired) electrons. The van der Waals surface area contributed by atoms with Gasteiger partial charge in [-0.1, -0.05) is 29.8 Å². The first-order valence-corrected chi connectivity index (χ1v) is 6.63. The largest absolute Gasteiger partial charge is 0.391 e. The van der Waals surface area contributed by atoms with E-state index in [0.717, 1.165) is 11.1 Å². The minimum atomic E-state index is -4.12. The van der Waals surface area contributed by atoms with Crippen LogP contribution in [-0.2, 0) is 6.42 Å². The first-order chi connectivity index (χ1) is 8.78. The molecule has 4 heteroatoms. The summed E-state index contributed by atoms with van der Waals surface area (Å²) in [6.07, 6.45) is -3.15. The molecule has 0 saturated heterocycles. The zero-order chi connectivity index (χ0) is 14.1. The minimum Gasteiger partial charge on any atom is -0.390 e. The predicted octanol–water partition coefficient (Wildman–Crippen LogP) is 4.02. The van der Waals surface area contributed by atoms with E-state index in [1.807, 2.05) is 31.2 Å². The van der Waals surface area contributed by atoms with Crippen molar-refractivity contribution in [2.24, 2.45) is 5.92 Å². The highest BCUT2D eigenvalue weighted by Gasteiger charge is 2.45. The third kappa shape index (κ3) is 3.72. The average Bonchev–Trinajstić information content (AvgIpc) is 2.27. The Morgan fingerprint density at radius 3 is 2.42 bits per heavy atom. The Labute approximate surface area is 111 Å². The van der Waals surface area contributed by atoms with Crippen molar-refractivity contribution < 1.29 is 18.3 Å². The van der Waals surface area contributed by atoms with Crippen LogP contribution in [-0.4, -0.2) is 16.9 Å². The molecule has 1 aliphatic carbocycles. The van der Waals surface area contributed by atoms with Gasteiger partial charge in [0.25, 0.3) is 0 Å². The van der Waals surface area contributed by atoms with Crippen LogP contribution in [0.1, 0.15) is 36.8 Å². The van der Waals surface area contributed by atoms with Gasteiger partial charge >= 0.3 is 6.18 Å². The lowest BCUT2D eigenvalue weighted by atomic mass is 9.75. The highest BCUT2D eigenvalue weighted by Crippen LogP contribution is 2.42. The van der Waals surface area contributed by atoms with Crippen molar-refractivity contribution in [2.75, 3.05) is 0 Å². The summed E-state index contributed by atoms with van der Waals surface area (Å²) in [6, 6.07) is 7.78. The van der Waals surface area contributed by atoms with E-state index in [2.05, 4.69) is 0 Å². The Morgan fingerprint density at radius 2 is 1.89 bits per heavy atom. The lowest BCUT2D eigenvalue weighted by Gasteiger charge is -2.36. The second kappa shape index (κ2) is 5.16. The van der Waals surface area contributed by atoms with Crippen LogP contribution < -0.4 is 0 Å². The maximum Gasteiger partial charge on any atom is 0.391 e. The third-order valence-corrected chi connectivity index (χ3v) is 3.99. The second-order valence-electron chi connectivity index (χ2n) is 5.71. The van der Waals surface area contributed by atoms with E-state index in [4.69, 9.17) is 0 Å². The molecule has 0 unspecified atom stereocenters.